The van der Waals surface area contributed by atoms with Crippen LogP contribution in [0.1, 0.15) is 10.6 Å². The van der Waals surface area contributed by atoms with Crippen molar-refractivity contribution in [1.29, 1.82) is 0 Å². The molecule has 0 fully saturated rings. The Labute approximate surface area is 171 Å². The summed E-state index contributed by atoms with van der Waals surface area (Å²) in [6.45, 7) is 2.25. The molecule has 3 rings (SSSR count). The van der Waals surface area contributed by atoms with Crippen LogP contribution in [0.2, 0.25) is 0 Å². The zero-order chi connectivity index (χ0) is 18.5. The summed E-state index contributed by atoms with van der Waals surface area (Å²) in [5.74, 6) is 0.704. The van der Waals surface area contributed by atoms with Crippen molar-refractivity contribution in [3.05, 3.63) is 62.0 Å². The van der Waals surface area contributed by atoms with Gasteiger partial charge in [0, 0.05) is 10.2 Å². The summed E-state index contributed by atoms with van der Waals surface area (Å²) in [5.41, 5.74) is 1.84. The maximum Gasteiger partial charge on any atom is 0.325 e. The first kappa shape index (κ1) is 18.8. The average molecular weight is 498 g/mol. The van der Waals surface area contributed by atoms with Gasteiger partial charge in [-0.2, -0.15) is 0 Å². The van der Waals surface area contributed by atoms with Crippen LogP contribution in [0.4, 0.5) is 15.6 Å². The second-order valence-corrected chi connectivity index (χ2v) is 8.14. The third-order valence-electron chi connectivity index (χ3n) is 3.24. The maximum absolute atomic E-state index is 12.0. The minimum atomic E-state index is -0.367. The molecule has 6 nitrogen and oxygen atoms in total. The van der Waals surface area contributed by atoms with E-state index in [-0.39, 0.29) is 12.6 Å². The lowest BCUT2D eigenvalue weighted by molar-refractivity contribution is 0.262. The molecule has 134 valence electrons. The quantitative estimate of drug-likeness (QED) is 0.481. The highest BCUT2D eigenvalue weighted by Gasteiger charge is 2.10. The van der Waals surface area contributed by atoms with Crippen LogP contribution in [-0.2, 0) is 6.61 Å². The van der Waals surface area contributed by atoms with E-state index in [4.69, 9.17) is 4.74 Å². The van der Waals surface area contributed by atoms with Gasteiger partial charge >= 0.3 is 6.03 Å². The number of halogens is 2. The van der Waals surface area contributed by atoms with Crippen LogP contribution in [0.15, 0.2) is 51.4 Å². The number of ether oxygens (including phenoxy) is 1. The van der Waals surface area contributed by atoms with Gasteiger partial charge in [0.2, 0.25) is 5.13 Å². The Balaban J connectivity index is 1.54. The molecular formula is C17H14Br2N4O2S. The van der Waals surface area contributed by atoms with Gasteiger partial charge in [-0.15, -0.1) is 10.2 Å². The lowest BCUT2D eigenvalue weighted by Crippen LogP contribution is -2.19. The van der Waals surface area contributed by atoms with Crippen LogP contribution in [-0.4, -0.2) is 16.2 Å². The summed E-state index contributed by atoms with van der Waals surface area (Å²) in [6.07, 6.45) is 0. The Hall–Kier alpha value is -1.97. The number of rotatable bonds is 5. The van der Waals surface area contributed by atoms with E-state index >= 15 is 0 Å². The highest BCUT2D eigenvalue weighted by Crippen LogP contribution is 2.29. The molecule has 2 aromatic carbocycles. The van der Waals surface area contributed by atoms with E-state index in [1.165, 1.54) is 11.3 Å². The molecule has 2 amide bonds. The van der Waals surface area contributed by atoms with Crippen molar-refractivity contribution in [1.82, 2.24) is 10.2 Å². The molecule has 0 saturated heterocycles. The topological polar surface area (TPSA) is 76.1 Å². The molecule has 0 aliphatic carbocycles. The molecular weight excluding hydrogens is 484 g/mol. The summed E-state index contributed by atoms with van der Waals surface area (Å²) in [6, 6.07) is 12.8. The zero-order valence-corrected chi connectivity index (χ0v) is 17.6. The Morgan fingerprint density at radius 1 is 1.12 bits per heavy atom. The second-order valence-electron chi connectivity index (χ2n) is 5.31. The van der Waals surface area contributed by atoms with Crippen LogP contribution in [0.3, 0.4) is 0 Å². The standard InChI is InChI=1S/C17H14Br2N4O2S/c1-10-2-5-12(6-3-10)20-16(24)21-17-23-22-15(26-17)9-25-14-7-4-11(18)8-13(14)19/h2-8H,9H2,1H3,(H2,20,21,23,24). The number of amides is 2. The number of aryl methyl sites for hydroxylation is 1. The van der Waals surface area contributed by atoms with Gasteiger partial charge < -0.3 is 10.1 Å². The number of carbonyl (C=O) groups excluding carboxylic acids is 1. The lowest BCUT2D eigenvalue weighted by Gasteiger charge is -2.06. The molecule has 0 aliphatic rings. The van der Waals surface area contributed by atoms with Crippen LogP contribution in [0, 0.1) is 6.92 Å². The first-order valence-electron chi connectivity index (χ1n) is 7.54. The smallest absolute Gasteiger partial charge is 0.325 e. The zero-order valence-electron chi connectivity index (χ0n) is 13.6. The lowest BCUT2D eigenvalue weighted by atomic mass is 10.2. The van der Waals surface area contributed by atoms with Crippen molar-refractivity contribution in [2.45, 2.75) is 13.5 Å². The monoisotopic (exact) mass is 496 g/mol. The van der Waals surface area contributed by atoms with E-state index in [1.54, 1.807) is 0 Å². The van der Waals surface area contributed by atoms with Gasteiger partial charge in [0.05, 0.1) is 4.47 Å². The summed E-state index contributed by atoms with van der Waals surface area (Å²) in [5, 5.41) is 14.5. The number of anilines is 2. The van der Waals surface area contributed by atoms with Crippen molar-refractivity contribution in [2.75, 3.05) is 10.6 Å². The number of urea groups is 1. The van der Waals surface area contributed by atoms with E-state index in [0.717, 1.165) is 14.5 Å². The molecule has 9 heteroatoms. The van der Waals surface area contributed by atoms with Crippen LogP contribution in [0.5, 0.6) is 5.75 Å². The third kappa shape index (κ3) is 5.26. The largest absolute Gasteiger partial charge is 0.485 e. The van der Waals surface area contributed by atoms with Gasteiger partial charge in [0.25, 0.3) is 0 Å². The first-order chi connectivity index (χ1) is 12.5. The van der Waals surface area contributed by atoms with Crippen molar-refractivity contribution in [3.8, 4) is 5.75 Å². The van der Waals surface area contributed by atoms with Crippen molar-refractivity contribution in [3.63, 3.8) is 0 Å². The molecule has 0 spiro atoms. The predicted octanol–water partition coefficient (Wildman–Crippen LogP) is 5.59. The molecule has 0 unspecified atom stereocenters. The molecule has 2 N–H and O–H groups in total. The molecule has 0 radical (unpaired) electrons. The summed E-state index contributed by atoms with van der Waals surface area (Å²) in [4.78, 5) is 12.0. The number of nitrogens with zero attached hydrogens (tertiary/aromatic N) is 2. The molecule has 0 aliphatic heterocycles. The Bertz CT molecular complexity index is 915. The summed E-state index contributed by atoms with van der Waals surface area (Å²) < 4.78 is 7.51. The molecule has 26 heavy (non-hydrogen) atoms. The van der Waals surface area contributed by atoms with Crippen LogP contribution in [0.25, 0.3) is 0 Å². The van der Waals surface area contributed by atoms with Crippen molar-refractivity contribution < 1.29 is 9.53 Å². The Kier molecular flexibility index (Phi) is 6.23. The van der Waals surface area contributed by atoms with E-state index in [1.807, 2.05) is 49.4 Å². The van der Waals surface area contributed by atoms with E-state index in [0.29, 0.717) is 21.6 Å². The van der Waals surface area contributed by atoms with Crippen LogP contribution < -0.4 is 15.4 Å². The van der Waals surface area contributed by atoms with E-state index < -0.39 is 0 Å². The van der Waals surface area contributed by atoms with E-state index in [2.05, 4.69) is 52.7 Å². The second kappa shape index (κ2) is 8.61. The number of aromatic nitrogens is 2. The van der Waals surface area contributed by atoms with Crippen molar-refractivity contribution in [2.24, 2.45) is 0 Å². The molecule has 1 aromatic heterocycles. The average Bonchev–Trinajstić information content (AvgIpc) is 3.03. The first-order valence-corrected chi connectivity index (χ1v) is 9.95. The number of nitrogens with one attached hydrogen (secondary N) is 2. The molecule has 0 atom stereocenters. The molecule has 1 heterocycles. The summed E-state index contributed by atoms with van der Waals surface area (Å²) in [7, 11) is 0. The molecule has 0 bridgehead atoms. The predicted molar refractivity (Wildman–Crippen MR) is 110 cm³/mol. The van der Waals surface area contributed by atoms with Gasteiger partial charge in [0.1, 0.15) is 12.4 Å². The molecule has 0 saturated carbocycles. The summed E-state index contributed by atoms with van der Waals surface area (Å²) >= 11 is 8.09. The highest BCUT2D eigenvalue weighted by atomic mass is 79.9. The van der Waals surface area contributed by atoms with Gasteiger partial charge in [0.15, 0.2) is 5.01 Å². The van der Waals surface area contributed by atoms with Gasteiger partial charge in [-0.1, -0.05) is 45.0 Å². The fourth-order valence-corrected chi connectivity index (χ4v) is 3.80. The highest BCUT2D eigenvalue weighted by molar-refractivity contribution is 9.11. The number of hydrogen-bond acceptors (Lipinski definition) is 5. The minimum absolute atomic E-state index is 0.263. The SMILES string of the molecule is Cc1ccc(NC(=O)Nc2nnc(COc3ccc(Br)cc3Br)s2)cc1. The number of carbonyl (C=O) groups is 1. The maximum atomic E-state index is 12.0. The normalized spacial score (nSPS) is 10.4. The van der Waals surface area contributed by atoms with Crippen LogP contribution >= 0.6 is 43.2 Å². The number of benzene rings is 2. The molecule has 3 aromatic rings. The Morgan fingerprint density at radius 2 is 1.88 bits per heavy atom. The number of hydrogen-bond donors (Lipinski definition) is 2. The minimum Gasteiger partial charge on any atom is -0.485 e. The third-order valence-corrected chi connectivity index (χ3v) is 5.17. The van der Waals surface area contributed by atoms with Gasteiger partial charge in [-0.25, -0.2) is 4.79 Å². The van der Waals surface area contributed by atoms with Crippen molar-refractivity contribution >= 4 is 60.0 Å². The fraction of sp³-hybridized carbons (Fsp3) is 0.118. The fourth-order valence-electron chi connectivity index (χ4n) is 1.99. The van der Waals surface area contributed by atoms with Gasteiger partial charge in [-0.3, -0.25) is 5.32 Å². The Morgan fingerprint density at radius 3 is 2.62 bits per heavy atom. The van der Waals surface area contributed by atoms with Gasteiger partial charge in [-0.05, 0) is 53.2 Å². The van der Waals surface area contributed by atoms with E-state index in [9.17, 15) is 4.79 Å².